The van der Waals surface area contributed by atoms with Gasteiger partial charge in [-0.3, -0.25) is 0 Å². The Hall–Kier alpha value is -0.260. The summed E-state index contributed by atoms with van der Waals surface area (Å²) in [6, 6.07) is 0. The summed E-state index contributed by atoms with van der Waals surface area (Å²) in [5.74, 6) is 6.00. The molecule has 0 heteroatoms. The molecule has 0 N–H and O–H groups in total. The lowest BCUT2D eigenvalue weighted by atomic mass is 9.32. The van der Waals surface area contributed by atoms with Crippen molar-refractivity contribution in [2.45, 2.75) is 121 Å². The molecule has 2 unspecified atom stereocenters. The second-order valence-corrected chi connectivity index (χ2v) is 15.6. The highest BCUT2D eigenvalue weighted by atomic mass is 14.7. The maximum atomic E-state index is 2.87. The van der Waals surface area contributed by atoms with Crippen molar-refractivity contribution in [2.24, 2.45) is 68.5 Å². The van der Waals surface area contributed by atoms with Crippen LogP contribution in [-0.2, 0) is 0 Å². The Balaban J connectivity index is 1.60. The Kier molecular flexibility index (Phi) is 5.07. The van der Waals surface area contributed by atoms with E-state index in [1.54, 1.807) is 0 Å². The highest BCUT2D eigenvalue weighted by molar-refractivity contribution is 5.33. The van der Waals surface area contributed by atoms with Gasteiger partial charge in [-0.2, -0.15) is 0 Å². The fraction of sp³-hybridized carbons (Fsp3) is 0.938. The molecular weight excluding hydrogens is 384 g/mol. The number of hydrogen-bond acceptors (Lipinski definition) is 0. The molecule has 0 spiro atoms. The third-order valence-electron chi connectivity index (χ3n) is 14.3. The number of hydrogen-bond donors (Lipinski definition) is 0. The van der Waals surface area contributed by atoms with E-state index in [0.29, 0.717) is 27.1 Å². The summed E-state index contributed by atoms with van der Waals surface area (Å²) in [7, 11) is 0. The van der Waals surface area contributed by atoms with E-state index in [-0.39, 0.29) is 0 Å². The molecule has 11 atom stereocenters. The lowest BCUT2D eigenvalue weighted by molar-refractivity contribution is -0.201. The Morgan fingerprint density at radius 2 is 1.44 bits per heavy atom. The molecule has 5 aliphatic rings. The van der Waals surface area contributed by atoms with Crippen LogP contribution in [0.25, 0.3) is 0 Å². The van der Waals surface area contributed by atoms with E-state index >= 15 is 0 Å². The van der Waals surface area contributed by atoms with Gasteiger partial charge < -0.3 is 0 Å². The summed E-state index contributed by atoms with van der Waals surface area (Å²) < 4.78 is 0. The van der Waals surface area contributed by atoms with Crippen LogP contribution >= 0.6 is 0 Å². The van der Waals surface area contributed by atoms with Crippen LogP contribution in [0.15, 0.2) is 11.6 Å². The van der Waals surface area contributed by atoms with Gasteiger partial charge in [0.1, 0.15) is 0 Å². The molecule has 5 rings (SSSR count). The quantitative estimate of drug-likeness (QED) is 0.330. The molecule has 0 aromatic carbocycles. The first kappa shape index (κ1) is 23.5. The predicted octanol–water partition coefficient (Wildman–Crippen LogP) is 9.55. The van der Waals surface area contributed by atoms with Crippen molar-refractivity contribution in [1.82, 2.24) is 0 Å². The first-order valence-corrected chi connectivity index (χ1v) is 14.4. The van der Waals surface area contributed by atoms with Gasteiger partial charge in [-0.15, -0.1) is 0 Å². The van der Waals surface area contributed by atoms with Gasteiger partial charge in [0, 0.05) is 0 Å². The number of fused-ring (bicyclic) bond motifs is 7. The Morgan fingerprint density at radius 3 is 2.12 bits per heavy atom. The zero-order chi connectivity index (χ0) is 23.5. The van der Waals surface area contributed by atoms with Gasteiger partial charge in [0.05, 0.1) is 0 Å². The lowest BCUT2D eigenvalue weighted by Crippen LogP contribution is -2.64. The third kappa shape index (κ3) is 2.68. The molecule has 0 saturated heterocycles. The van der Waals surface area contributed by atoms with Crippen LogP contribution in [0.1, 0.15) is 121 Å². The lowest BCUT2D eigenvalue weighted by Gasteiger charge is -2.72. The summed E-state index contributed by atoms with van der Waals surface area (Å²) in [4.78, 5) is 0. The van der Waals surface area contributed by atoms with Crippen molar-refractivity contribution in [2.75, 3.05) is 0 Å². The molecule has 0 radical (unpaired) electrons. The first-order valence-electron chi connectivity index (χ1n) is 14.4. The Morgan fingerprint density at radius 1 is 0.750 bits per heavy atom. The van der Waals surface area contributed by atoms with E-state index in [1.807, 2.05) is 5.57 Å². The third-order valence-corrected chi connectivity index (χ3v) is 14.3. The van der Waals surface area contributed by atoms with Crippen molar-refractivity contribution < 1.29 is 0 Å². The van der Waals surface area contributed by atoms with Crippen molar-refractivity contribution in [3.63, 3.8) is 0 Å². The van der Waals surface area contributed by atoms with Gasteiger partial charge in [-0.1, -0.05) is 80.9 Å². The molecule has 182 valence electrons. The predicted molar refractivity (Wildman–Crippen MR) is 138 cm³/mol. The summed E-state index contributed by atoms with van der Waals surface area (Å²) in [6.45, 7) is 26.5. The van der Waals surface area contributed by atoms with Crippen LogP contribution in [0.4, 0.5) is 0 Å². The SMILES string of the molecule is C[C@H]1[C@H](C)CC[C@]2(C)CC[C@]3(C)C(=CCC4[C@@]5(C)C[C@@H](C)[C@H](C)C(C)(C)C5CC[C@]43C)[C@H]12. The van der Waals surface area contributed by atoms with Gasteiger partial charge >= 0.3 is 0 Å². The zero-order valence-electron chi connectivity index (χ0n) is 23.3. The highest BCUT2D eigenvalue weighted by Crippen LogP contribution is 2.76. The topological polar surface area (TPSA) is 0 Å². The molecule has 5 aliphatic carbocycles. The van der Waals surface area contributed by atoms with Gasteiger partial charge in [0.2, 0.25) is 0 Å². The monoisotopic (exact) mass is 438 g/mol. The summed E-state index contributed by atoms with van der Waals surface area (Å²) >= 11 is 0. The maximum absolute atomic E-state index is 2.87. The molecule has 0 aromatic heterocycles. The normalized spacial score (nSPS) is 59.2. The van der Waals surface area contributed by atoms with E-state index in [0.717, 1.165) is 41.4 Å². The van der Waals surface area contributed by atoms with Crippen LogP contribution in [0, 0.1) is 68.5 Å². The van der Waals surface area contributed by atoms with E-state index < -0.39 is 0 Å². The summed E-state index contributed by atoms with van der Waals surface area (Å²) in [6.07, 6.45) is 14.4. The van der Waals surface area contributed by atoms with Crippen molar-refractivity contribution in [1.29, 1.82) is 0 Å². The van der Waals surface area contributed by atoms with E-state index in [2.05, 4.69) is 75.3 Å². The van der Waals surface area contributed by atoms with Crippen LogP contribution < -0.4 is 0 Å². The van der Waals surface area contributed by atoms with E-state index in [9.17, 15) is 0 Å². The fourth-order valence-electron chi connectivity index (χ4n) is 11.6. The molecule has 0 heterocycles. The maximum Gasteiger partial charge on any atom is -0.00564 e. The van der Waals surface area contributed by atoms with Crippen molar-refractivity contribution in [3.8, 4) is 0 Å². The molecule has 0 aromatic rings. The fourth-order valence-corrected chi connectivity index (χ4v) is 11.6. The average molecular weight is 439 g/mol. The molecule has 4 fully saturated rings. The number of allylic oxidation sites excluding steroid dienone is 2. The number of rotatable bonds is 0. The highest BCUT2D eigenvalue weighted by Gasteiger charge is 2.68. The Bertz CT molecular complexity index is 803. The smallest absolute Gasteiger partial charge is 0.00564 e. The van der Waals surface area contributed by atoms with Gasteiger partial charge in [-0.05, 0) is 120 Å². The van der Waals surface area contributed by atoms with Crippen LogP contribution in [0.2, 0.25) is 0 Å². The second-order valence-electron chi connectivity index (χ2n) is 15.6. The molecule has 0 amide bonds. The van der Waals surface area contributed by atoms with Gasteiger partial charge in [0.15, 0.2) is 0 Å². The Labute approximate surface area is 200 Å². The van der Waals surface area contributed by atoms with Gasteiger partial charge in [-0.25, -0.2) is 0 Å². The van der Waals surface area contributed by atoms with Crippen LogP contribution in [-0.4, -0.2) is 0 Å². The first-order chi connectivity index (χ1) is 14.7. The molecule has 0 nitrogen and oxygen atoms in total. The average Bonchev–Trinajstić information content (AvgIpc) is 2.70. The largest absolute Gasteiger partial charge is 0.0841 e. The summed E-state index contributed by atoms with van der Waals surface area (Å²) in [5, 5.41) is 0. The van der Waals surface area contributed by atoms with E-state index in [4.69, 9.17) is 0 Å². The van der Waals surface area contributed by atoms with Crippen molar-refractivity contribution in [3.05, 3.63) is 11.6 Å². The molecular formula is C32H54. The van der Waals surface area contributed by atoms with Crippen molar-refractivity contribution >= 4 is 0 Å². The second kappa shape index (κ2) is 6.91. The van der Waals surface area contributed by atoms with E-state index in [1.165, 1.54) is 51.4 Å². The minimum absolute atomic E-state index is 0.413. The van der Waals surface area contributed by atoms with Gasteiger partial charge in [0.25, 0.3) is 0 Å². The van der Waals surface area contributed by atoms with Crippen LogP contribution in [0.3, 0.4) is 0 Å². The molecule has 0 bridgehead atoms. The zero-order valence-corrected chi connectivity index (χ0v) is 23.3. The minimum Gasteiger partial charge on any atom is -0.0841 e. The minimum atomic E-state index is 0.413. The molecule has 0 aliphatic heterocycles. The molecule has 32 heavy (non-hydrogen) atoms. The standard InChI is InChI=1S/C32H54/c1-20-13-15-29(7)17-18-31(9)24(27(29)22(20)3)11-12-26-30(8)19-21(2)23(4)28(5,6)25(30)14-16-32(26,31)10/h11,20-23,25-27H,12-19H2,1-10H3/t20-,21-,22+,23+,25?,26?,27+,29-,30+,31-,32-/m1/s1. The molecule has 4 saturated carbocycles. The summed E-state index contributed by atoms with van der Waals surface area (Å²) in [5.41, 5.74) is 4.34. The van der Waals surface area contributed by atoms with Crippen LogP contribution in [0.5, 0.6) is 0 Å².